The van der Waals surface area contributed by atoms with E-state index in [1.807, 2.05) is 13.2 Å². The Morgan fingerprint density at radius 1 is 1.17 bits per heavy atom. The number of hydrogen-bond donors (Lipinski definition) is 1. The van der Waals surface area contributed by atoms with Gasteiger partial charge in [-0.05, 0) is 55.4 Å². The molecule has 1 N–H and O–H groups in total. The average Bonchev–Trinajstić information content (AvgIpc) is 3.01. The summed E-state index contributed by atoms with van der Waals surface area (Å²) in [6.45, 7) is 5.54. The summed E-state index contributed by atoms with van der Waals surface area (Å²) in [5, 5.41) is 1.27. The summed E-state index contributed by atoms with van der Waals surface area (Å²) in [6, 6.07) is 6.27. The lowest BCUT2D eigenvalue weighted by atomic mass is 9.94. The zero-order chi connectivity index (χ0) is 16.0. The van der Waals surface area contributed by atoms with Crippen molar-refractivity contribution < 1.29 is 9.47 Å². The van der Waals surface area contributed by atoms with Gasteiger partial charge in [-0.1, -0.05) is 0 Å². The quantitative estimate of drug-likeness (QED) is 0.940. The van der Waals surface area contributed by atoms with E-state index in [1.54, 1.807) is 7.11 Å². The fourth-order valence-corrected chi connectivity index (χ4v) is 4.65. The Hall–Kier alpha value is -1.52. The van der Waals surface area contributed by atoms with E-state index in [2.05, 4.69) is 28.9 Å². The molecule has 0 radical (unpaired) electrons. The van der Waals surface area contributed by atoms with Crippen LogP contribution in [0.4, 0.5) is 0 Å². The molecule has 2 fully saturated rings. The molecule has 2 heterocycles. The van der Waals surface area contributed by atoms with Gasteiger partial charge in [0.1, 0.15) is 5.75 Å². The zero-order valence-electron chi connectivity index (χ0n) is 14.3. The van der Waals surface area contributed by atoms with E-state index in [-0.39, 0.29) is 0 Å². The molecule has 0 amide bonds. The topological polar surface area (TPSA) is 37.5 Å². The van der Waals surface area contributed by atoms with Crippen LogP contribution in [0, 0.1) is 18.8 Å². The highest BCUT2D eigenvalue weighted by Gasteiger charge is 2.42. The van der Waals surface area contributed by atoms with Gasteiger partial charge < -0.3 is 14.5 Å². The Kier molecular flexibility index (Phi) is 3.82. The number of nitrogens with zero attached hydrogens (tertiary/aromatic N) is 1. The summed E-state index contributed by atoms with van der Waals surface area (Å²) < 4.78 is 11.1. The van der Waals surface area contributed by atoms with Crippen molar-refractivity contribution in [2.75, 3.05) is 27.3 Å². The summed E-state index contributed by atoms with van der Waals surface area (Å²) in [5.41, 5.74) is 3.89. The number of rotatable bonds is 4. The smallest absolute Gasteiger partial charge is 0.119 e. The number of H-pyrrole nitrogens is 1. The fraction of sp³-hybridized carbons (Fsp3) is 0.579. The molecule has 0 spiro atoms. The first kappa shape index (κ1) is 15.0. The van der Waals surface area contributed by atoms with Gasteiger partial charge in [-0.2, -0.15) is 0 Å². The lowest BCUT2D eigenvalue weighted by molar-refractivity contribution is -0.0182. The van der Waals surface area contributed by atoms with E-state index < -0.39 is 0 Å². The molecule has 3 atom stereocenters. The third-order valence-corrected chi connectivity index (χ3v) is 5.85. The van der Waals surface area contributed by atoms with Crippen LogP contribution < -0.4 is 4.74 Å². The molecule has 2 aromatic rings. The van der Waals surface area contributed by atoms with Crippen LogP contribution in [0.3, 0.4) is 0 Å². The van der Waals surface area contributed by atoms with Crippen molar-refractivity contribution in [3.05, 3.63) is 29.5 Å². The Morgan fingerprint density at radius 2 is 1.91 bits per heavy atom. The highest BCUT2D eigenvalue weighted by Crippen LogP contribution is 2.39. The second kappa shape index (κ2) is 5.84. The summed E-state index contributed by atoms with van der Waals surface area (Å²) in [7, 11) is 3.60. The van der Waals surface area contributed by atoms with Gasteiger partial charge in [0.15, 0.2) is 0 Å². The number of aromatic nitrogens is 1. The van der Waals surface area contributed by atoms with E-state index in [0.717, 1.165) is 25.4 Å². The summed E-state index contributed by atoms with van der Waals surface area (Å²) in [4.78, 5) is 6.21. The van der Waals surface area contributed by atoms with Crippen LogP contribution in [0.5, 0.6) is 5.75 Å². The maximum Gasteiger partial charge on any atom is 0.119 e. The zero-order valence-corrected chi connectivity index (χ0v) is 14.3. The molecule has 4 nitrogen and oxygen atoms in total. The van der Waals surface area contributed by atoms with Crippen molar-refractivity contribution in [2.24, 2.45) is 11.8 Å². The molecule has 4 rings (SSSR count). The van der Waals surface area contributed by atoms with Crippen molar-refractivity contribution in [3.63, 3.8) is 0 Å². The van der Waals surface area contributed by atoms with Gasteiger partial charge in [0.05, 0.1) is 13.2 Å². The number of aryl methyl sites for hydroxylation is 1. The third-order valence-electron chi connectivity index (χ3n) is 5.85. The summed E-state index contributed by atoms with van der Waals surface area (Å²) in [6.07, 6.45) is 3.13. The maximum atomic E-state index is 5.73. The number of aromatic amines is 1. The molecule has 1 aliphatic carbocycles. The molecule has 2 bridgehead atoms. The van der Waals surface area contributed by atoms with Crippen LogP contribution in [0.2, 0.25) is 0 Å². The van der Waals surface area contributed by atoms with Crippen LogP contribution in [-0.2, 0) is 11.3 Å². The first-order valence-electron chi connectivity index (χ1n) is 8.60. The first-order chi connectivity index (χ1) is 11.2. The molecule has 1 unspecified atom stereocenters. The van der Waals surface area contributed by atoms with Crippen LogP contribution in [0.25, 0.3) is 10.9 Å². The Morgan fingerprint density at radius 3 is 2.57 bits per heavy atom. The van der Waals surface area contributed by atoms with Crippen LogP contribution >= 0.6 is 0 Å². The van der Waals surface area contributed by atoms with E-state index in [4.69, 9.17) is 9.47 Å². The highest BCUT2D eigenvalue weighted by atomic mass is 16.5. The average molecular weight is 314 g/mol. The first-order valence-corrected chi connectivity index (χ1v) is 8.60. The molecule has 124 valence electrons. The summed E-state index contributed by atoms with van der Waals surface area (Å²) >= 11 is 0. The minimum atomic E-state index is 0.485. The largest absolute Gasteiger partial charge is 0.497 e. The van der Waals surface area contributed by atoms with Gasteiger partial charge in [0.2, 0.25) is 0 Å². The van der Waals surface area contributed by atoms with Gasteiger partial charge in [-0.15, -0.1) is 0 Å². The van der Waals surface area contributed by atoms with Crippen molar-refractivity contribution in [1.82, 2.24) is 9.88 Å². The molecule has 1 aliphatic heterocycles. The normalized spacial score (nSPS) is 27.7. The standard InChI is InChI=1S/C19H26N2O2/c1-12-16-8-15(22-2)6-7-17(16)20-18(12)11-21-9-13-4-5-14(10-21)19(13)23-3/h6-8,13-14,19-20H,4-5,9-11H2,1-3H3/t13-,14+,19?. The minimum Gasteiger partial charge on any atom is -0.497 e. The molecule has 4 heteroatoms. The molecular formula is C19H26N2O2. The molecule has 1 aromatic carbocycles. The SMILES string of the molecule is COc1ccc2[nH]c(CN3C[C@H]4CC[C@@H](C3)C4OC)c(C)c2c1. The maximum absolute atomic E-state index is 5.73. The number of methoxy groups -OCH3 is 2. The third kappa shape index (κ3) is 2.54. The number of fused-ring (bicyclic) bond motifs is 3. The molecule has 1 saturated heterocycles. The van der Waals surface area contributed by atoms with Crippen LogP contribution in [0.1, 0.15) is 24.1 Å². The van der Waals surface area contributed by atoms with Gasteiger partial charge in [0, 0.05) is 43.3 Å². The minimum absolute atomic E-state index is 0.485. The lowest BCUT2D eigenvalue weighted by Gasteiger charge is -2.37. The van der Waals surface area contributed by atoms with Crippen molar-refractivity contribution in [3.8, 4) is 5.75 Å². The molecular weight excluding hydrogens is 288 g/mol. The van der Waals surface area contributed by atoms with E-state index in [1.165, 1.54) is 35.0 Å². The van der Waals surface area contributed by atoms with Gasteiger partial charge in [-0.3, -0.25) is 4.90 Å². The molecule has 1 saturated carbocycles. The predicted octanol–water partition coefficient (Wildman–Crippen LogP) is 3.34. The van der Waals surface area contributed by atoms with Crippen LogP contribution in [0.15, 0.2) is 18.2 Å². The lowest BCUT2D eigenvalue weighted by Crippen LogP contribution is -2.45. The van der Waals surface area contributed by atoms with E-state index >= 15 is 0 Å². The number of ether oxygens (including phenoxy) is 2. The van der Waals surface area contributed by atoms with Gasteiger partial charge >= 0.3 is 0 Å². The monoisotopic (exact) mass is 314 g/mol. The Labute approximate surface area is 137 Å². The van der Waals surface area contributed by atoms with Crippen molar-refractivity contribution in [2.45, 2.75) is 32.4 Å². The number of hydrogen-bond acceptors (Lipinski definition) is 3. The van der Waals surface area contributed by atoms with Gasteiger partial charge in [0.25, 0.3) is 0 Å². The molecule has 2 aliphatic rings. The Bertz CT molecular complexity index is 695. The summed E-state index contributed by atoms with van der Waals surface area (Å²) in [5.74, 6) is 2.34. The number of benzene rings is 1. The number of likely N-dealkylation sites (tertiary alicyclic amines) is 1. The number of piperidine rings is 1. The highest BCUT2D eigenvalue weighted by molar-refractivity contribution is 5.85. The van der Waals surface area contributed by atoms with Gasteiger partial charge in [-0.25, -0.2) is 0 Å². The van der Waals surface area contributed by atoms with Crippen molar-refractivity contribution >= 4 is 10.9 Å². The second-order valence-electron chi connectivity index (χ2n) is 7.13. The van der Waals surface area contributed by atoms with E-state index in [0.29, 0.717) is 17.9 Å². The van der Waals surface area contributed by atoms with Crippen molar-refractivity contribution in [1.29, 1.82) is 0 Å². The molecule has 1 aromatic heterocycles. The second-order valence-corrected chi connectivity index (χ2v) is 7.13. The predicted molar refractivity (Wildman–Crippen MR) is 91.9 cm³/mol. The Balaban J connectivity index is 1.55. The molecule has 23 heavy (non-hydrogen) atoms. The fourth-order valence-electron chi connectivity index (χ4n) is 4.65. The van der Waals surface area contributed by atoms with Crippen LogP contribution in [-0.4, -0.2) is 43.3 Å². The van der Waals surface area contributed by atoms with E-state index in [9.17, 15) is 0 Å². The number of nitrogens with one attached hydrogen (secondary N) is 1.